The Balaban J connectivity index is 1.91. The van der Waals surface area contributed by atoms with Crippen LogP contribution in [0.1, 0.15) is 68.6 Å². The van der Waals surface area contributed by atoms with Crippen molar-refractivity contribution in [3.8, 4) is 0 Å². The van der Waals surface area contributed by atoms with E-state index in [1.165, 1.54) is 13.0 Å². The van der Waals surface area contributed by atoms with Gasteiger partial charge in [0.1, 0.15) is 23.3 Å². The van der Waals surface area contributed by atoms with Crippen molar-refractivity contribution in [1.29, 1.82) is 0 Å². The average Bonchev–Trinajstić information content (AvgIpc) is 3.17. The number of fused-ring (bicyclic) bond motifs is 3. The number of carbonyl (C=O) groups excluding carboxylic acids is 1. The van der Waals surface area contributed by atoms with Gasteiger partial charge in [0, 0.05) is 30.0 Å². The normalized spacial score (nSPS) is 18.5. The van der Waals surface area contributed by atoms with Gasteiger partial charge in [-0.1, -0.05) is 18.2 Å². The van der Waals surface area contributed by atoms with Crippen LogP contribution in [0.5, 0.6) is 0 Å². The summed E-state index contributed by atoms with van der Waals surface area (Å²) in [6.45, 7) is 4.11. The third-order valence-electron chi connectivity index (χ3n) is 7.00. The zero-order chi connectivity index (χ0) is 31.1. The Morgan fingerprint density at radius 3 is 2.26 bits per heavy atom. The van der Waals surface area contributed by atoms with Gasteiger partial charge in [-0.2, -0.15) is 13.2 Å². The molecule has 228 valence electrons. The van der Waals surface area contributed by atoms with Crippen LogP contribution in [0.2, 0.25) is 0 Å². The van der Waals surface area contributed by atoms with Gasteiger partial charge in [0.15, 0.2) is 0 Å². The second-order valence-corrected chi connectivity index (χ2v) is 11.2. The SMILES string of the molecule is CC1Cc2c(n(C(=O)O)c3ccccc23)C(c2c(F)cc(C(CCO)OC(=O)OC(C)(C)C)cc2F)N1CC(F)(F)F. The molecule has 0 fully saturated rings. The highest BCUT2D eigenvalue weighted by Gasteiger charge is 2.45. The van der Waals surface area contributed by atoms with Gasteiger partial charge in [-0.3, -0.25) is 4.90 Å². The Kier molecular flexibility index (Phi) is 8.57. The van der Waals surface area contributed by atoms with Crippen LogP contribution in [-0.4, -0.2) is 62.9 Å². The van der Waals surface area contributed by atoms with Crippen LogP contribution in [0.4, 0.5) is 31.5 Å². The highest BCUT2D eigenvalue weighted by Crippen LogP contribution is 2.45. The topological polar surface area (TPSA) is 101 Å². The molecule has 1 aliphatic heterocycles. The predicted molar refractivity (Wildman–Crippen MR) is 141 cm³/mol. The lowest BCUT2D eigenvalue weighted by Crippen LogP contribution is -2.48. The van der Waals surface area contributed by atoms with Crippen LogP contribution in [0.25, 0.3) is 10.9 Å². The number of ether oxygens (including phenoxy) is 2. The average molecular weight is 599 g/mol. The largest absolute Gasteiger partial charge is 0.509 e. The van der Waals surface area contributed by atoms with Crippen LogP contribution in [-0.2, 0) is 15.9 Å². The van der Waals surface area contributed by atoms with E-state index in [1.54, 1.807) is 39.0 Å². The number of benzene rings is 2. The molecule has 4 rings (SSSR count). The number of rotatable bonds is 6. The molecule has 3 atom stereocenters. The summed E-state index contributed by atoms with van der Waals surface area (Å²) in [5.74, 6) is -2.56. The quantitative estimate of drug-likeness (QED) is 0.240. The van der Waals surface area contributed by atoms with Crippen molar-refractivity contribution in [2.24, 2.45) is 0 Å². The van der Waals surface area contributed by atoms with Gasteiger partial charge in [-0.25, -0.2) is 22.9 Å². The van der Waals surface area contributed by atoms with Crippen LogP contribution in [0.15, 0.2) is 36.4 Å². The van der Waals surface area contributed by atoms with Gasteiger partial charge >= 0.3 is 18.4 Å². The lowest BCUT2D eigenvalue weighted by atomic mass is 9.87. The van der Waals surface area contributed by atoms with E-state index in [-0.39, 0.29) is 29.6 Å². The highest BCUT2D eigenvalue weighted by atomic mass is 19.4. The zero-order valence-electron chi connectivity index (χ0n) is 23.3. The first-order valence-corrected chi connectivity index (χ1v) is 13.2. The number of halogens is 5. The minimum absolute atomic E-state index is 0.00628. The van der Waals surface area contributed by atoms with Crippen molar-refractivity contribution in [2.45, 2.75) is 70.5 Å². The molecule has 2 N–H and O–H groups in total. The van der Waals surface area contributed by atoms with E-state index >= 15 is 8.78 Å². The van der Waals surface area contributed by atoms with E-state index < -0.39 is 72.6 Å². The fourth-order valence-electron chi connectivity index (χ4n) is 5.47. The highest BCUT2D eigenvalue weighted by molar-refractivity contribution is 5.94. The Morgan fingerprint density at radius 2 is 1.71 bits per heavy atom. The van der Waals surface area contributed by atoms with Gasteiger partial charge < -0.3 is 19.7 Å². The molecule has 0 radical (unpaired) electrons. The Labute approximate surface area is 238 Å². The lowest BCUT2D eigenvalue weighted by molar-refractivity contribution is -0.155. The maximum absolute atomic E-state index is 16.0. The molecule has 2 heterocycles. The molecule has 2 aromatic carbocycles. The molecule has 0 saturated heterocycles. The summed E-state index contributed by atoms with van der Waals surface area (Å²) < 4.78 is 84.4. The molecule has 1 aromatic heterocycles. The summed E-state index contributed by atoms with van der Waals surface area (Å²) in [4.78, 5) is 25.5. The molecule has 0 spiro atoms. The summed E-state index contributed by atoms with van der Waals surface area (Å²) in [7, 11) is 0. The van der Waals surface area contributed by atoms with E-state index in [9.17, 15) is 33.0 Å². The Bertz CT molecular complexity index is 1470. The molecule has 0 saturated carbocycles. The van der Waals surface area contributed by atoms with Crippen LogP contribution in [0, 0.1) is 11.6 Å². The van der Waals surface area contributed by atoms with Crippen molar-refractivity contribution in [3.05, 3.63) is 70.4 Å². The first-order chi connectivity index (χ1) is 19.5. The molecule has 0 aliphatic carbocycles. The lowest BCUT2D eigenvalue weighted by Gasteiger charge is -2.42. The van der Waals surface area contributed by atoms with Crippen molar-refractivity contribution in [1.82, 2.24) is 9.47 Å². The summed E-state index contributed by atoms with van der Waals surface area (Å²) in [5.41, 5.74) is -1.58. The molecule has 0 bridgehead atoms. The third-order valence-corrected chi connectivity index (χ3v) is 7.00. The van der Waals surface area contributed by atoms with Gasteiger partial charge in [-0.15, -0.1) is 0 Å². The van der Waals surface area contributed by atoms with Gasteiger partial charge in [0.05, 0.1) is 23.8 Å². The van der Waals surface area contributed by atoms with Crippen LogP contribution < -0.4 is 0 Å². The molecule has 13 heteroatoms. The molecule has 8 nitrogen and oxygen atoms in total. The number of carboxylic acid groups (broad SMARTS) is 1. The molecule has 42 heavy (non-hydrogen) atoms. The van der Waals surface area contributed by atoms with Crippen molar-refractivity contribution < 1.29 is 51.2 Å². The summed E-state index contributed by atoms with van der Waals surface area (Å²) >= 11 is 0. The number of carbonyl (C=O) groups is 2. The molecular weight excluding hydrogens is 567 g/mol. The van der Waals surface area contributed by atoms with E-state index in [0.29, 0.717) is 10.9 Å². The van der Waals surface area contributed by atoms with Crippen molar-refractivity contribution in [3.63, 3.8) is 0 Å². The van der Waals surface area contributed by atoms with E-state index in [4.69, 9.17) is 9.47 Å². The monoisotopic (exact) mass is 598 g/mol. The van der Waals surface area contributed by atoms with Crippen molar-refractivity contribution in [2.75, 3.05) is 13.2 Å². The van der Waals surface area contributed by atoms with Crippen LogP contribution in [0.3, 0.4) is 0 Å². The predicted octanol–water partition coefficient (Wildman–Crippen LogP) is 6.72. The number of nitrogens with zero attached hydrogens (tertiary/aromatic N) is 2. The maximum Gasteiger partial charge on any atom is 0.509 e. The van der Waals surface area contributed by atoms with Gasteiger partial charge in [0.25, 0.3) is 0 Å². The minimum Gasteiger partial charge on any atom is -0.464 e. The molecule has 1 aliphatic rings. The Morgan fingerprint density at radius 1 is 1.10 bits per heavy atom. The van der Waals surface area contributed by atoms with E-state index in [2.05, 4.69) is 0 Å². The van der Waals surface area contributed by atoms with E-state index in [0.717, 1.165) is 21.6 Å². The number of hydrogen-bond donors (Lipinski definition) is 2. The number of aliphatic hydroxyl groups excluding tert-OH is 1. The zero-order valence-corrected chi connectivity index (χ0v) is 23.3. The smallest absolute Gasteiger partial charge is 0.464 e. The first kappa shape index (κ1) is 31.2. The third kappa shape index (κ3) is 6.36. The number of aliphatic hydroxyl groups is 1. The minimum atomic E-state index is -4.77. The number of para-hydroxylation sites is 1. The molecule has 3 unspecified atom stereocenters. The van der Waals surface area contributed by atoms with E-state index in [1.807, 2.05) is 0 Å². The maximum atomic E-state index is 16.0. The second kappa shape index (κ2) is 11.5. The fourth-order valence-corrected chi connectivity index (χ4v) is 5.47. The first-order valence-electron chi connectivity index (χ1n) is 13.2. The fraction of sp³-hybridized carbons (Fsp3) is 0.448. The van der Waals surface area contributed by atoms with Gasteiger partial charge in [0.2, 0.25) is 0 Å². The standard InChI is InChI=1S/C29H31F5N2O6/c1-15-11-18-17-7-5-6-8-21(17)36(26(38)39)24(18)25(35(15)14-29(32,33)34)23-19(30)12-16(13-20(23)31)22(9-10-37)41-27(40)42-28(2,3)4/h5-8,12-13,15,22,25,37H,9-11,14H2,1-4H3,(H,38,39). The second-order valence-electron chi connectivity index (χ2n) is 11.2. The number of aromatic nitrogens is 1. The number of alkyl halides is 3. The summed E-state index contributed by atoms with van der Waals surface area (Å²) in [6.07, 6.45) is -9.05. The van der Waals surface area contributed by atoms with Crippen molar-refractivity contribution >= 4 is 23.2 Å². The molecule has 3 aromatic rings. The summed E-state index contributed by atoms with van der Waals surface area (Å²) in [5, 5.41) is 20.0. The summed E-state index contributed by atoms with van der Waals surface area (Å²) in [6, 6.07) is 5.24. The number of hydrogen-bond acceptors (Lipinski definition) is 6. The van der Waals surface area contributed by atoms with Crippen LogP contribution >= 0.6 is 0 Å². The Hall–Kier alpha value is -3.71. The molecular formula is C29H31F5N2O6. The van der Waals surface area contributed by atoms with Gasteiger partial charge in [-0.05, 0) is 63.4 Å². The molecule has 0 amide bonds.